The highest BCUT2D eigenvalue weighted by Crippen LogP contribution is 2.15. The van der Waals surface area contributed by atoms with Crippen molar-refractivity contribution in [1.82, 2.24) is 20.8 Å². The molecule has 0 saturated carbocycles. The summed E-state index contributed by atoms with van der Waals surface area (Å²) in [4.78, 5) is 15.7. The second-order valence-electron chi connectivity index (χ2n) is 4.13. The second-order valence-corrected chi connectivity index (χ2v) is 4.13. The van der Waals surface area contributed by atoms with E-state index < -0.39 is 0 Å². The molecule has 0 spiro atoms. The summed E-state index contributed by atoms with van der Waals surface area (Å²) in [6.45, 7) is 4.34. The van der Waals surface area contributed by atoms with Crippen LogP contribution in [0.2, 0.25) is 0 Å². The number of rotatable bonds is 4. The van der Waals surface area contributed by atoms with E-state index >= 15 is 0 Å². The Bertz CT molecular complexity index is 339. The Morgan fingerprint density at radius 3 is 3.19 bits per heavy atom. The van der Waals surface area contributed by atoms with Gasteiger partial charge in [0.05, 0.1) is 5.92 Å². The van der Waals surface area contributed by atoms with Gasteiger partial charge in [-0.25, -0.2) is 0 Å². The molecule has 0 radical (unpaired) electrons. The van der Waals surface area contributed by atoms with Gasteiger partial charge in [-0.1, -0.05) is 12.1 Å². The second kappa shape index (κ2) is 5.07. The lowest BCUT2D eigenvalue weighted by atomic mass is 9.97. The minimum atomic E-state index is 0.0882. The average molecular weight is 224 g/mol. The summed E-state index contributed by atoms with van der Waals surface area (Å²) in [5.41, 5.74) is 0. The smallest absolute Gasteiger partial charge is 0.224 e. The minimum Gasteiger partial charge on any atom is -0.355 e. The maximum atomic E-state index is 11.8. The molecular formula is C10H16N4O2. The molecule has 1 saturated heterocycles. The molecule has 0 bridgehead atoms. The molecule has 16 heavy (non-hydrogen) atoms. The first-order chi connectivity index (χ1) is 7.77. The summed E-state index contributed by atoms with van der Waals surface area (Å²) in [6, 6.07) is 0. The molecule has 1 aromatic heterocycles. The van der Waals surface area contributed by atoms with Crippen molar-refractivity contribution < 1.29 is 9.32 Å². The lowest BCUT2D eigenvalue weighted by Crippen LogP contribution is -2.35. The fourth-order valence-corrected chi connectivity index (χ4v) is 1.89. The number of carbonyl (C=O) groups excluding carboxylic acids is 1. The normalized spacial score (nSPS) is 24.6. The highest BCUT2D eigenvalue weighted by molar-refractivity contribution is 5.79. The van der Waals surface area contributed by atoms with Crippen LogP contribution < -0.4 is 10.6 Å². The average Bonchev–Trinajstić information content (AvgIpc) is 2.88. The lowest BCUT2D eigenvalue weighted by Gasteiger charge is -2.13. The van der Waals surface area contributed by atoms with Gasteiger partial charge in [0.15, 0.2) is 5.82 Å². The van der Waals surface area contributed by atoms with E-state index in [1.165, 1.54) is 6.39 Å². The lowest BCUT2D eigenvalue weighted by molar-refractivity contribution is -0.125. The van der Waals surface area contributed by atoms with Crippen molar-refractivity contribution in [3.8, 4) is 0 Å². The van der Waals surface area contributed by atoms with Crippen LogP contribution in [0.15, 0.2) is 10.9 Å². The van der Waals surface area contributed by atoms with Crippen molar-refractivity contribution in [2.24, 2.45) is 11.8 Å². The van der Waals surface area contributed by atoms with Crippen LogP contribution in [0.1, 0.15) is 12.7 Å². The molecule has 1 aromatic rings. The van der Waals surface area contributed by atoms with Crippen LogP contribution in [0.25, 0.3) is 0 Å². The first kappa shape index (κ1) is 11.1. The monoisotopic (exact) mass is 224 g/mol. The fraction of sp³-hybridized carbons (Fsp3) is 0.700. The molecule has 1 aliphatic heterocycles. The van der Waals surface area contributed by atoms with E-state index in [2.05, 4.69) is 32.2 Å². The summed E-state index contributed by atoms with van der Waals surface area (Å²) in [5.74, 6) is 1.23. The van der Waals surface area contributed by atoms with Crippen LogP contribution in [-0.4, -0.2) is 35.7 Å². The Labute approximate surface area is 93.8 Å². The third-order valence-electron chi connectivity index (χ3n) is 2.91. The number of carbonyl (C=O) groups is 1. The van der Waals surface area contributed by atoms with Crippen LogP contribution in [0.3, 0.4) is 0 Å². The molecule has 0 unspecified atom stereocenters. The van der Waals surface area contributed by atoms with Crippen molar-refractivity contribution in [2.75, 3.05) is 19.6 Å². The van der Waals surface area contributed by atoms with E-state index in [1.807, 2.05) is 0 Å². The van der Waals surface area contributed by atoms with Crippen LogP contribution >= 0.6 is 0 Å². The molecule has 0 aromatic carbocycles. The van der Waals surface area contributed by atoms with Crippen LogP contribution in [-0.2, 0) is 11.2 Å². The van der Waals surface area contributed by atoms with Crippen LogP contribution in [0.5, 0.6) is 0 Å². The molecular weight excluding hydrogens is 208 g/mol. The predicted octanol–water partition coefficient (Wildman–Crippen LogP) is -0.416. The third kappa shape index (κ3) is 2.57. The molecule has 2 rings (SSSR count). The summed E-state index contributed by atoms with van der Waals surface area (Å²) in [6.07, 6.45) is 1.90. The third-order valence-corrected chi connectivity index (χ3v) is 2.91. The van der Waals surface area contributed by atoms with Crippen molar-refractivity contribution in [3.63, 3.8) is 0 Å². The Balaban J connectivity index is 1.71. The van der Waals surface area contributed by atoms with E-state index in [0.29, 0.717) is 24.7 Å². The molecule has 2 atom stereocenters. The number of aromatic nitrogens is 2. The maximum Gasteiger partial charge on any atom is 0.224 e. The van der Waals surface area contributed by atoms with Gasteiger partial charge in [0.2, 0.25) is 12.3 Å². The molecule has 88 valence electrons. The van der Waals surface area contributed by atoms with E-state index in [1.54, 1.807) is 0 Å². The van der Waals surface area contributed by atoms with Gasteiger partial charge >= 0.3 is 0 Å². The molecule has 0 aliphatic carbocycles. The molecule has 1 amide bonds. The van der Waals surface area contributed by atoms with Crippen LogP contribution in [0, 0.1) is 11.8 Å². The zero-order chi connectivity index (χ0) is 11.4. The topological polar surface area (TPSA) is 80.0 Å². The van der Waals surface area contributed by atoms with Gasteiger partial charge in [-0.3, -0.25) is 4.79 Å². The highest BCUT2D eigenvalue weighted by atomic mass is 16.5. The summed E-state index contributed by atoms with van der Waals surface area (Å²) < 4.78 is 4.61. The van der Waals surface area contributed by atoms with Gasteiger partial charge < -0.3 is 15.2 Å². The number of nitrogens with zero attached hydrogens (tertiary/aromatic N) is 2. The van der Waals surface area contributed by atoms with Crippen LogP contribution in [0.4, 0.5) is 0 Å². The van der Waals surface area contributed by atoms with Crippen molar-refractivity contribution in [1.29, 1.82) is 0 Å². The first-order valence-corrected chi connectivity index (χ1v) is 5.51. The van der Waals surface area contributed by atoms with E-state index in [0.717, 1.165) is 13.1 Å². The zero-order valence-corrected chi connectivity index (χ0v) is 9.27. The first-order valence-electron chi connectivity index (χ1n) is 5.51. The molecule has 2 heterocycles. The Morgan fingerprint density at radius 2 is 2.56 bits per heavy atom. The summed E-state index contributed by atoms with van der Waals surface area (Å²) in [7, 11) is 0. The van der Waals surface area contributed by atoms with Crippen molar-refractivity contribution in [3.05, 3.63) is 12.2 Å². The zero-order valence-electron chi connectivity index (χ0n) is 9.27. The minimum absolute atomic E-state index is 0.0882. The number of nitrogens with one attached hydrogen (secondary N) is 2. The van der Waals surface area contributed by atoms with Gasteiger partial charge in [0.25, 0.3) is 0 Å². The SMILES string of the molecule is C[C@@H]1CNC[C@H]1C(=O)NCCc1ncon1. The van der Waals surface area contributed by atoms with E-state index in [4.69, 9.17) is 0 Å². The number of amides is 1. The Hall–Kier alpha value is -1.43. The molecule has 6 heteroatoms. The molecule has 1 fully saturated rings. The molecule has 1 aliphatic rings. The molecule has 2 N–H and O–H groups in total. The fourth-order valence-electron chi connectivity index (χ4n) is 1.89. The van der Waals surface area contributed by atoms with Gasteiger partial charge in [0.1, 0.15) is 0 Å². The van der Waals surface area contributed by atoms with Crippen molar-refractivity contribution >= 4 is 5.91 Å². The Kier molecular flexibility index (Phi) is 3.51. The standard InChI is InChI=1S/C10H16N4O2/c1-7-4-11-5-8(7)10(15)12-3-2-9-13-6-16-14-9/h6-8,11H,2-5H2,1H3,(H,12,15)/t7-,8-/m1/s1. The van der Waals surface area contributed by atoms with Crippen molar-refractivity contribution in [2.45, 2.75) is 13.3 Å². The van der Waals surface area contributed by atoms with Gasteiger partial charge in [0, 0.05) is 19.5 Å². The van der Waals surface area contributed by atoms with E-state index in [-0.39, 0.29) is 11.8 Å². The largest absolute Gasteiger partial charge is 0.355 e. The summed E-state index contributed by atoms with van der Waals surface area (Å²) in [5, 5.41) is 9.77. The maximum absolute atomic E-state index is 11.8. The van der Waals surface area contributed by atoms with E-state index in [9.17, 15) is 4.79 Å². The van der Waals surface area contributed by atoms with Gasteiger partial charge in [-0.2, -0.15) is 4.98 Å². The molecule has 6 nitrogen and oxygen atoms in total. The van der Waals surface area contributed by atoms with Gasteiger partial charge in [-0.15, -0.1) is 0 Å². The Morgan fingerprint density at radius 1 is 1.69 bits per heavy atom. The van der Waals surface area contributed by atoms with Gasteiger partial charge in [-0.05, 0) is 12.5 Å². The quantitative estimate of drug-likeness (QED) is 0.726. The number of hydrogen-bond acceptors (Lipinski definition) is 5. The summed E-state index contributed by atoms with van der Waals surface area (Å²) >= 11 is 0. The number of hydrogen-bond donors (Lipinski definition) is 2. The predicted molar refractivity (Wildman–Crippen MR) is 56.5 cm³/mol. The highest BCUT2D eigenvalue weighted by Gasteiger charge is 2.29.